The van der Waals surface area contributed by atoms with Gasteiger partial charge < -0.3 is 5.32 Å². The molecule has 0 radical (unpaired) electrons. The van der Waals surface area contributed by atoms with E-state index in [9.17, 15) is 0 Å². The van der Waals surface area contributed by atoms with Gasteiger partial charge in [0.1, 0.15) is 4.34 Å². The fourth-order valence-corrected chi connectivity index (χ4v) is 5.06. The lowest BCUT2D eigenvalue weighted by atomic mass is 9.93. The van der Waals surface area contributed by atoms with Gasteiger partial charge in [-0.25, -0.2) is 0 Å². The summed E-state index contributed by atoms with van der Waals surface area (Å²) < 4.78 is 1.91. The summed E-state index contributed by atoms with van der Waals surface area (Å²) in [6, 6.07) is 2.71. The molecule has 2 rings (SSSR count). The predicted octanol–water partition coefficient (Wildman–Crippen LogP) is 4.94. The maximum atomic E-state index is 6.25. The first-order valence-corrected chi connectivity index (χ1v) is 9.48. The minimum atomic E-state index is 0.496. The van der Waals surface area contributed by atoms with Gasteiger partial charge in [0, 0.05) is 15.4 Å². The van der Waals surface area contributed by atoms with Gasteiger partial charge in [0.25, 0.3) is 0 Å². The van der Waals surface area contributed by atoms with Gasteiger partial charge >= 0.3 is 0 Å². The number of thiophene rings is 1. The van der Waals surface area contributed by atoms with Crippen LogP contribution in [0.25, 0.3) is 0 Å². The first-order valence-electron chi connectivity index (χ1n) is 7.49. The van der Waals surface area contributed by atoms with Crippen molar-refractivity contribution in [1.82, 2.24) is 10.2 Å². The molecule has 20 heavy (non-hydrogen) atoms. The molecule has 1 saturated heterocycles. The highest BCUT2D eigenvalue weighted by Gasteiger charge is 2.30. The second-order valence-corrected chi connectivity index (χ2v) is 8.20. The Balaban J connectivity index is 2.16. The topological polar surface area (TPSA) is 15.3 Å². The molecule has 0 aliphatic carbocycles. The van der Waals surface area contributed by atoms with Gasteiger partial charge in [-0.1, -0.05) is 24.9 Å². The van der Waals surface area contributed by atoms with E-state index >= 15 is 0 Å². The van der Waals surface area contributed by atoms with Crippen molar-refractivity contribution in [1.29, 1.82) is 0 Å². The van der Waals surface area contributed by atoms with E-state index in [0.29, 0.717) is 12.0 Å². The zero-order valence-corrected chi connectivity index (χ0v) is 15.5. The highest BCUT2D eigenvalue weighted by molar-refractivity contribution is 9.10. The van der Waals surface area contributed by atoms with Gasteiger partial charge in [-0.2, -0.15) is 0 Å². The van der Waals surface area contributed by atoms with Crippen molar-refractivity contribution in [3.05, 3.63) is 19.8 Å². The average molecular weight is 380 g/mol. The molecule has 114 valence electrons. The van der Waals surface area contributed by atoms with Gasteiger partial charge in [-0.05, 0) is 73.9 Å². The highest BCUT2D eigenvalue weighted by atomic mass is 79.9. The van der Waals surface area contributed by atoms with Gasteiger partial charge in [-0.15, -0.1) is 11.3 Å². The summed E-state index contributed by atoms with van der Waals surface area (Å²) in [5.74, 6) is 0.677. The fraction of sp³-hybridized carbons (Fsp3) is 0.733. The zero-order chi connectivity index (χ0) is 14.5. The first-order chi connectivity index (χ1) is 9.63. The summed E-state index contributed by atoms with van der Waals surface area (Å²) in [5.41, 5.74) is 0. The van der Waals surface area contributed by atoms with E-state index in [0.717, 1.165) is 21.9 Å². The number of hydrogen-bond acceptors (Lipinski definition) is 3. The smallest absolute Gasteiger partial charge is 0.107 e. The average Bonchev–Trinajstić information content (AvgIpc) is 2.63. The van der Waals surface area contributed by atoms with Crippen LogP contribution in [-0.4, -0.2) is 31.6 Å². The Bertz CT molecular complexity index is 405. The van der Waals surface area contributed by atoms with Crippen LogP contribution in [0.4, 0.5) is 0 Å². The quantitative estimate of drug-likeness (QED) is 0.729. The van der Waals surface area contributed by atoms with Gasteiger partial charge in [0.2, 0.25) is 0 Å². The zero-order valence-electron chi connectivity index (χ0n) is 12.3. The third-order valence-electron chi connectivity index (χ3n) is 4.05. The van der Waals surface area contributed by atoms with E-state index in [-0.39, 0.29) is 0 Å². The number of halogens is 2. The summed E-state index contributed by atoms with van der Waals surface area (Å²) in [6.07, 6.45) is 5.14. The number of nitrogens with one attached hydrogen (secondary N) is 1. The molecule has 0 bridgehead atoms. The third kappa shape index (κ3) is 4.20. The molecular weight excluding hydrogens is 356 g/mol. The molecule has 2 unspecified atom stereocenters. The predicted molar refractivity (Wildman–Crippen MR) is 92.9 cm³/mol. The van der Waals surface area contributed by atoms with Crippen molar-refractivity contribution in [2.75, 3.05) is 26.7 Å². The fourth-order valence-electron chi connectivity index (χ4n) is 3.06. The Labute approximate surface area is 140 Å². The molecule has 2 atom stereocenters. The van der Waals surface area contributed by atoms with Crippen molar-refractivity contribution >= 4 is 38.9 Å². The molecule has 1 fully saturated rings. The first kappa shape index (κ1) is 16.8. The van der Waals surface area contributed by atoms with E-state index in [1.807, 2.05) is 0 Å². The van der Waals surface area contributed by atoms with E-state index in [1.165, 1.54) is 37.1 Å². The summed E-state index contributed by atoms with van der Waals surface area (Å²) >= 11 is 11.5. The maximum absolute atomic E-state index is 6.25. The summed E-state index contributed by atoms with van der Waals surface area (Å²) in [5, 5.41) is 3.61. The summed E-state index contributed by atoms with van der Waals surface area (Å²) in [7, 11) is 2.25. The van der Waals surface area contributed by atoms with Crippen molar-refractivity contribution in [2.24, 2.45) is 5.92 Å². The van der Waals surface area contributed by atoms with Crippen LogP contribution in [0, 0.1) is 5.92 Å². The Hall–Kier alpha value is 0.390. The second-order valence-electron chi connectivity index (χ2n) is 5.66. The van der Waals surface area contributed by atoms with Crippen LogP contribution >= 0.6 is 38.9 Å². The summed E-state index contributed by atoms with van der Waals surface area (Å²) in [4.78, 5) is 3.91. The van der Waals surface area contributed by atoms with Crippen LogP contribution in [0.15, 0.2) is 10.5 Å². The second kappa shape index (κ2) is 8.14. The van der Waals surface area contributed by atoms with Crippen molar-refractivity contribution in [2.45, 2.75) is 38.6 Å². The molecule has 0 amide bonds. The van der Waals surface area contributed by atoms with Crippen LogP contribution in [0.1, 0.15) is 43.5 Å². The standard InChI is InChI=1S/C15H24BrClN2S/c1-3-7-18-10-11-6-4-5-8-19(2)14(11)13-9-12(16)15(17)20-13/h9,11,14,18H,3-8,10H2,1-2H3. The van der Waals surface area contributed by atoms with E-state index < -0.39 is 0 Å². The van der Waals surface area contributed by atoms with Crippen molar-refractivity contribution < 1.29 is 0 Å². The van der Waals surface area contributed by atoms with E-state index in [2.05, 4.69) is 46.2 Å². The Morgan fingerprint density at radius 2 is 2.30 bits per heavy atom. The van der Waals surface area contributed by atoms with Gasteiger partial charge in [-0.3, -0.25) is 4.90 Å². The lowest BCUT2D eigenvalue weighted by Gasteiger charge is -2.32. The van der Waals surface area contributed by atoms with E-state index in [1.54, 1.807) is 11.3 Å². The molecule has 5 heteroatoms. The van der Waals surface area contributed by atoms with Gasteiger partial charge in [0.15, 0.2) is 0 Å². The lowest BCUT2D eigenvalue weighted by Crippen LogP contribution is -2.34. The molecule has 0 spiro atoms. The molecule has 2 heterocycles. The normalized spacial score (nSPS) is 24.8. The van der Waals surface area contributed by atoms with Crippen LogP contribution in [0.3, 0.4) is 0 Å². The van der Waals surface area contributed by atoms with Crippen molar-refractivity contribution in [3.63, 3.8) is 0 Å². The minimum absolute atomic E-state index is 0.496. The van der Waals surface area contributed by atoms with Crippen molar-refractivity contribution in [3.8, 4) is 0 Å². The molecule has 1 N–H and O–H groups in total. The lowest BCUT2D eigenvalue weighted by molar-refractivity contribution is 0.192. The molecule has 1 aromatic heterocycles. The SMILES string of the molecule is CCCNCC1CCCCN(C)C1c1cc(Br)c(Cl)s1. The number of rotatable bonds is 5. The Morgan fingerprint density at radius 1 is 1.50 bits per heavy atom. The molecule has 1 aliphatic rings. The third-order valence-corrected chi connectivity index (χ3v) is 6.59. The molecule has 1 aromatic rings. The molecule has 1 aliphatic heterocycles. The molecule has 0 aromatic carbocycles. The molecule has 2 nitrogen and oxygen atoms in total. The van der Waals surface area contributed by atoms with Crippen LogP contribution in [0.2, 0.25) is 4.34 Å². The van der Waals surface area contributed by atoms with Crippen LogP contribution < -0.4 is 5.32 Å². The largest absolute Gasteiger partial charge is 0.316 e. The molecule has 0 saturated carbocycles. The molecular formula is C15H24BrClN2S. The van der Waals surface area contributed by atoms with Crippen LogP contribution in [0.5, 0.6) is 0 Å². The monoisotopic (exact) mass is 378 g/mol. The number of nitrogens with zero attached hydrogens (tertiary/aromatic N) is 1. The Kier molecular flexibility index (Phi) is 6.82. The highest BCUT2D eigenvalue weighted by Crippen LogP contribution is 2.42. The maximum Gasteiger partial charge on any atom is 0.107 e. The van der Waals surface area contributed by atoms with E-state index in [4.69, 9.17) is 11.6 Å². The Morgan fingerprint density at radius 3 is 2.95 bits per heavy atom. The van der Waals surface area contributed by atoms with Gasteiger partial charge in [0.05, 0.1) is 0 Å². The summed E-state index contributed by atoms with van der Waals surface area (Å²) in [6.45, 7) is 5.62. The number of hydrogen-bond donors (Lipinski definition) is 1. The minimum Gasteiger partial charge on any atom is -0.316 e. The number of likely N-dealkylation sites (tertiary alicyclic amines) is 1. The van der Waals surface area contributed by atoms with Crippen LogP contribution in [-0.2, 0) is 0 Å².